The Bertz CT molecular complexity index is 515. The van der Waals surface area contributed by atoms with E-state index >= 15 is 0 Å². The molecule has 0 amide bonds. The molecule has 1 aromatic carbocycles. The first kappa shape index (κ1) is 16.9. The Labute approximate surface area is 122 Å². The lowest BCUT2D eigenvalue weighted by Gasteiger charge is -2.23. The van der Waals surface area contributed by atoms with E-state index in [2.05, 4.69) is 23.9 Å². The van der Waals surface area contributed by atoms with Crippen LogP contribution < -0.4 is 15.8 Å². The quantitative estimate of drug-likeness (QED) is 0.683. The molecule has 20 heavy (non-hydrogen) atoms. The van der Waals surface area contributed by atoms with Crippen LogP contribution in [0.5, 0.6) is 0 Å². The Balaban J connectivity index is 3.05. The van der Waals surface area contributed by atoms with E-state index in [0.29, 0.717) is 24.7 Å². The van der Waals surface area contributed by atoms with Gasteiger partial charge in [0.15, 0.2) is 0 Å². The number of sulfonamides is 1. The summed E-state index contributed by atoms with van der Waals surface area (Å²) in [6.45, 7) is 6.92. The minimum absolute atomic E-state index is 0.0394. The van der Waals surface area contributed by atoms with Gasteiger partial charge in [-0.3, -0.25) is 0 Å². The largest absolute Gasteiger partial charge is 0.380 e. The second-order valence-corrected chi connectivity index (χ2v) is 6.86. The fourth-order valence-electron chi connectivity index (χ4n) is 1.83. The van der Waals surface area contributed by atoms with Crippen LogP contribution in [0.4, 0.5) is 5.69 Å². The van der Waals surface area contributed by atoms with E-state index in [1.165, 1.54) is 0 Å². The molecule has 1 aromatic rings. The van der Waals surface area contributed by atoms with Gasteiger partial charge in [-0.2, -0.15) is 0 Å². The highest BCUT2D eigenvalue weighted by Crippen LogP contribution is 2.22. The first-order valence-corrected chi connectivity index (χ1v) is 8.46. The van der Waals surface area contributed by atoms with E-state index in [-0.39, 0.29) is 10.9 Å². The first-order chi connectivity index (χ1) is 9.42. The van der Waals surface area contributed by atoms with Crippen LogP contribution in [0, 0.1) is 5.92 Å². The average Bonchev–Trinajstić information content (AvgIpc) is 2.42. The molecule has 0 aromatic heterocycles. The lowest BCUT2D eigenvalue weighted by Crippen LogP contribution is -2.34. The molecular formula is C14H25N3O2S. The summed E-state index contributed by atoms with van der Waals surface area (Å²) in [5.74, 6) is 0.319. The lowest BCUT2D eigenvalue weighted by atomic mass is 10.0. The molecule has 0 radical (unpaired) electrons. The maximum atomic E-state index is 12.3. The van der Waals surface area contributed by atoms with E-state index < -0.39 is 10.0 Å². The second kappa shape index (κ2) is 7.61. The van der Waals surface area contributed by atoms with Gasteiger partial charge in [-0.25, -0.2) is 13.1 Å². The summed E-state index contributed by atoms with van der Waals surface area (Å²) in [4.78, 5) is 0.271. The molecule has 0 aliphatic rings. The number of para-hydroxylation sites is 1. The van der Waals surface area contributed by atoms with Gasteiger partial charge in [0, 0.05) is 19.1 Å². The van der Waals surface area contributed by atoms with Gasteiger partial charge in [0.2, 0.25) is 10.0 Å². The van der Waals surface area contributed by atoms with Crippen molar-refractivity contribution in [1.82, 2.24) is 4.72 Å². The molecule has 0 bridgehead atoms. The predicted molar refractivity (Wildman–Crippen MR) is 83.2 cm³/mol. The van der Waals surface area contributed by atoms with Crippen molar-refractivity contribution in [2.45, 2.75) is 38.1 Å². The monoisotopic (exact) mass is 299 g/mol. The van der Waals surface area contributed by atoms with Crippen molar-refractivity contribution in [2.24, 2.45) is 11.7 Å². The Morgan fingerprint density at radius 2 is 1.90 bits per heavy atom. The number of hydrogen-bond acceptors (Lipinski definition) is 4. The van der Waals surface area contributed by atoms with E-state index in [1.54, 1.807) is 18.2 Å². The second-order valence-electron chi connectivity index (χ2n) is 5.12. The molecule has 4 N–H and O–H groups in total. The van der Waals surface area contributed by atoms with Gasteiger partial charge in [-0.1, -0.05) is 32.9 Å². The highest BCUT2D eigenvalue weighted by Gasteiger charge is 2.20. The topological polar surface area (TPSA) is 84.2 Å². The Kier molecular flexibility index (Phi) is 6.45. The van der Waals surface area contributed by atoms with E-state index in [9.17, 15) is 8.42 Å². The van der Waals surface area contributed by atoms with Crippen LogP contribution in [-0.2, 0) is 10.0 Å². The summed E-state index contributed by atoms with van der Waals surface area (Å²) < 4.78 is 27.1. The number of nitrogens with one attached hydrogen (secondary N) is 2. The Hall–Kier alpha value is -1.11. The maximum absolute atomic E-state index is 12.3. The zero-order valence-electron chi connectivity index (χ0n) is 12.4. The standard InChI is InChI=1S/C14H25N3O2S/c1-4-9-16-20(18,19)14-8-6-5-7-12(14)17-13(10-15)11(2)3/h5-8,11,13,16-17H,4,9-10,15H2,1-3H3. The van der Waals surface area contributed by atoms with Gasteiger partial charge in [0.05, 0.1) is 5.69 Å². The molecule has 6 heteroatoms. The number of nitrogens with two attached hydrogens (primary N) is 1. The summed E-state index contributed by atoms with van der Waals surface area (Å²) in [6.07, 6.45) is 0.756. The van der Waals surface area contributed by atoms with Crippen molar-refractivity contribution in [2.75, 3.05) is 18.4 Å². The molecule has 0 saturated carbocycles. The van der Waals surface area contributed by atoms with Gasteiger partial charge in [0.1, 0.15) is 4.90 Å². The normalized spacial score (nSPS) is 13.4. The molecule has 1 atom stereocenters. The van der Waals surface area contributed by atoms with Crippen LogP contribution in [0.15, 0.2) is 29.2 Å². The van der Waals surface area contributed by atoms with Crippen LogP contribution in [0.2, 0.25) is 0 Å². The van der Waals surface area contributed by atoms with Gasteiger partial charge >= 0.3 is 0 Å². The van der Waals surface area contributed by atoms with Crippen molar-refractivity contribution >= 4 is 15.7 Å². The van der Waals surface area contributed by atoms with Crippen LogP contribution in [0.25, 0.3) is 0 Å². The van der Waals surface area contributed by atoms with Crippen molar-refractivity contribution in [3.8, 4) is 0 Å². The SMILES string of the molecule is CCCNS(=O)(=O)c1ccccc1NC(CN)C(C)C. The number of hydrogen-bond donors (Lipinski definition) is 3. The third-order valence-corrected chi connectivity index (χ3v) is 4.64. The summed E-state index contributed by atoms with van der Waals surface area (Å²) in [5, 5.41) is 3.24. The van der Waals surface area contributed by atoms with Gasteiger partial charge < -0.3 is 11.1 Å². The number of benzene rings is 1. The van der Waals surface area contributed by atoms with Crippen LogP contribution in [0.1, 0.15) is 27.2 Å². The van der Waals surface area contributed by atoms with E-state index in [0.717, 1.165) is 6.42 Å². The van der Waals surface area contributed by atoms with Crippen LogP contribution >= 0.6 is 0 Å². The average molecular weight is 299 g/mol. The zero-order chi connectivity index (χ0) is 15.2. The van der Waals surface area contributed by atoms with Crippen molar-refractivity contribution < 1.29 is 8.42 Å². The Morgan fingerprint density at radius 1 is 1.25 bits per heavy atom. The first-order valence-electron chi connectivity index (χ1n) is 6.97. The third-order valence-electron chi connectivity index (χ3n) is 3.12. The van der Waals surface area contributed by atoms with Crippen molar-refractivity contribution in [3.63, 3.8) is 0 Å². The van der Waals surface area contributed by atoms with Crippen LogP contribution in [0.3, 0.4) is 0 Å². The summed E-state index contributed by atoms with van der Waals surface area (Å²) in [5.41, 5.74) is 6.33. The van der Waals surface area contributed by atoms with Crippen LogP contribution in [-0.4, -0.2) is 27.5 Å². The summed E-state index contributed by atoms with van der Waals surface area (Å²) in [6, 6.07) is 6.95. The highest BCUT2D eigenvalue weighted by molar-refractivity contribution is 7.89. The Morgan fingerprint density at radius 3 is 2.45 bits per heavy atom. The fraction of sp³-hybridized carbons (Fsp3) is 0.571. The summed E-state index contributed by atoms with van der Waals surface area (Å²) >= 11 is 0. The van der Waals surface area contributed by atoms with Crippen molar-refractivity contribution in [1.29, 1.82) is 0 Å². The van der Waals surface area contributed by atoms with Gasteiger partial charge in [-0.15, -0.1) is 0 Å². The molecule has 0 spiro atoms. The summed E-state index contributed by atoms with van der Waals surface area (Å²) in [7, 11) is -3.49. The minimum atomic E-state index is -3.49. The predicted octanol–water partition coefficient (Wildman–Crippen LogP) is 1.77. The van der Waals surface area contributed by atoms with Crippen molar-refractivity contribution in [3.05, 3.63) is 24.3 Å². The van der Waals surface area contributed by atoms with Gasteiger partial charge in [0.25, 0.3) is 0 Å². The minimum Gasteiger partial charge on any atom is -0.380 e. The molecule has 0 aliphatic carbocycles. The van der Waals surface area contributed by atoms with E-state index in [4.69, 9.17) is 5.73 Å². The number of anilines is 1. The highest BCUT2D eigenvalue weighted by atomic mass is 32.2. The molecule has 0 aliphatic heterocycles. The lowest BCUT2D eigenvalue weighted by molar-refractivity contribution is 0.530. The zero-order valence-corrected chi connectivity index (χ0v) is 13.2. The maximum Gasteiger partial charge on any atom is 0.242 e. The molecule has 5 nitrogen and oxygen atoms in total. The molecular weight excluding hydrogens is 274 g/mol. The fourth-order valence-corrected chi connectivity index (χ4v) is 3.13. The number of rotatable bonds is 8. The third kappa shape index (κ3) is 4.47. The van der Waals surface area contributed by atoms with Gasteiger partial charge in [-0.05, 0) is 24.5 Å². The van der Waals surface area contributed by atoms with E-state index in [1.807, 2.05) is 13.0 Å². The molecule has 1 rings (SSSR count). The molecule has 1 unspecified atom stereocenters. The smallest absolute Gasteiger partial charge is 0.242 e. The molecule has 114 valence electrons. The molecule has 0 heterocycles. The molecule has 0 saturated heterocycles. The molecule has 0 fully saturated rings.